The van der Waals surface area contributed by atoms with Crippen molar-refractivity contribution in [3.8, 4) is 10.6 Å². The first-order valence-electron chi connectivity index (χ1n) is 8.40. The van der Waals surface area contributed by atoms with Gasteiger partial charge >= 0.3 is 0 Å². The first-order chi connectivity index (χ1) is 14.1. The number of thiazole rings is 1. The number of rotatable bonds is 6. The zero-order chi connectivity index (χ0) is 20.2. The molecule has 4 aromatic rings. The zero-order valence-electron chi connectivity index (χ0n) is 14.7. The highest BCUT2D eigenvalue weighted by Gasteiger charge is 2.09. The van der Waals surface area contributed by atoms with Crippen LogP contribution < -0.4 is 10.6 Å². The van der Waals surface area contributed by atoms with E-state index in [0.717, 1.165) is 4.88 Å². The minimum atomic E-state index is -0.446. The Bertz CT molecular complexity index is 1150. The van der Waals surface area contributed by atoms with Crippen molar-refractivity contribution < 1.29 is 9.31 Å². The smallest absolute Gasteiger partial charge is 0.269 e. The maximum absolute atomic E-state index is 13.0. The number of nitro benzene ring substituents is 1. The molecule has 0 unspecified atom stereocenters. The molecule has 10 heteroatoms. The molecule has 4 rings (SSSR count). The zero-order valence-corrected chi connectivity index (χ0v) is 15.6. The molecule has 2 N–H and O–H groups in total. The van der Waals surface area contributed by atoms with Crippen molar-refractivity contribution in [2.24, 2.45) is 0 Å². The average molecular weight is 408 g/mol. The number of anilines is 4. The van der Waals surface area contributed by atoms with Crippen LogP contribution in [-0.2, 0) is 0 Å². The van der Waals surface area contributed by atoms with E-state index in [1.165, 1.54) is 35.6 Å². The molecule has 0 aliphatic carbocycles. The van der Waals surface area contributed by atoms with Gasteiger partial charge in [-0.2, -0.15) is 0 Å². The second-order valence-electron chi connectivity index (χ2n) is 5.86. The van der Waals surface area contributed by atoms with Crippen LogP contribution in [0.4, 0.5) is 32.5 Å². The van der Waals surface area contributed by atoms with Gasteiger partial charge in [0, 0.05) is 35.9 Å². The second kappa shape index (κ2) is 7.98. The highest BCUT2D eigenvalue weighted by atomic mass is 32.1. The van der Waals surface area contributed by atoms with Crippen LogP contribution in [-0.4, -0.2) is 19.9 Å². The van der Waals surface area contributed by atoms with E-state index in [9.17, 15) is 14.5 Å². The van der Waals surface area contributed by atoms with Crippen molar-refractivity contribution >= 4 is 39.5 Å². The number of nitrogens with one attached hydrogen (secondary N) is 2. The number of hydrogen-bond acceptors (Lipinski definition) is 8. The Morgan fingerprint density at radius 2 is 1.62 bits per heavy atom. The van der Waals surface area contributed by atoms with Gasteiger partial charge in [0.05, 0.1) is 15.5 Å². The molecule has 2 aromatic carbocycles. The summed E-state index contributed by atoms with van der Waals surface area (Å²) in [5, 5.41) is 17.5. The molecule has 8 nitrogen and oxygen atoms in total. The third kappa shape index (κ3) is 4.50. The Morgan fingerprint density at radius 3 is 2.34 bits per heavy atom. The maximum atomic E-state index is 13.0. The molecule has 0 saturated carbocycles. The summed E-state index contributed by atoms with van der Waals surface area (Å²) in [6.45, 7) is 0. The lowest BCUT2D eigenvalue weighted by molar-refractivity contribution is -0.384. The molecular weight excluding hydrogens is 395 g/mol. The van der Waals surface area contributed by atoms with Gasteiger partial charge in [0.1, 0.15) is 5.82 Å². The van der Waals surface area contributed by atoms with Gasteiger partial charge in [0.25, 0.3) is 5.69 Å². The largest absolute Gasteiger partial charge is 0.332 e. The number of nitrogens with zero attached hydrogens (tertiary/aromatic N) is 4. The van der Waals surface area contributed by atoms with E-state index in [4.69, 9.17) is 0 Å². The Morgan fingerprint density at radius 1 is 0.931 bits per heavy atom. The predicted molar refractivity (Wildman–Crippen MR) is 109 cm³/mol. The first kappa shape index (κ1) is 18.4. The molecule has 0 aliphatic rings. The van der Waals surface area contributed by atoms with Crippen LogP contribution in [0.1, 0.15) is 0 Å². The van der Waals surface area contributed by atoms with E-state index in [2.05, 4.69) is 25.6 Å². The number of hydrogen-bond donors (Lipinski definition) is 2. The van der Waals surface area contributed by atoms with Gasteiger partial charge in [-0.3, -0.25) is 10.1 Å². The summed E-state index contributed by atoms with van der Waals surface area (Å²) in [6, 6.07) is 13.8. The third-order valence-corrected chi connectivity index (χ3v) is 4.78. The molecule has 0 saturated heterocycles. The van der Waals surface area contributed by atoms with E-state index in [1.807, 2.05) is 0 Å². The lowest BCUT2D eigenvalue weighted by atomic mass is 10.3. The van der Waals surface area contributed by atoms with Crippen molar-refractivity contribution in [2.75, 3.05) is 10.6 Å². The average Bonchev–Trinajstić information content (AvgIpc) is 3.19. The lowest BCUT2D eigenvalue weighted by Crippen LogP contribution is -1.97. The molecule has 0 atom stereocenters. The number of halogens is 1. The normalized spacial score (nSPS) is 10.5. The topological polar surface area (TPSA) is 106 Å². The van der Waals surface area contributed by atoms with Crippen LogP contribution in [0.2, 0.25) is 0 Å². The molecule has 0 fully saturated rings. The first-order valence-corrected chi connectivity index (χ1v) is 9.22. The van der Waals surface area contributed by atoms with Crippen LogP contribution in [0.25, 0.3) is 10.6 Å². The molecule has 0 bridgehead atoms. The van der Waals surface area contributed by atoms with Crippen molar-refractivity contribution in [3.05, 3.63) is 82.9 Å². The Hall–Kier alpha value is -3.92. The number of benzene rings is 2. The number of aromatic nitrogens is 3. The molecular formula is C19H13FN6O2S. The lowest BCUT2D eigenvalue weighted by Gasteiger charge is -2.05. The summed E-state index contributed by atoms with van der Waals surface area (Å²) < 4.78 is 13.0. The Labute approximate surface area is 168 Å². The van der Waals surface area contributed by atoms with E-state index >= 15 is 0 Å². The van der Waals surface area contributed by atoms with Crippen molar-refractivity contribution in [3.63, 3.8) is 0 Å². The molecule has 144 valence electrons. The van der Waals surface area contributed by atoms with Gasteiger partial charge < -0.3 is 10.6 Å². The minimum Gasteiger partial charge on any atom is -0.332 e. The fourth-order valence-electron chi connectivity index (χ4n) is 2.46. The molecule has 29 heavy (non-hydrogen) atoms. The molecule has 0 aliphatic heterocycles. The van der Waals surface area contributed by atoms with Crippen LogP contribution >= 0.6 is 11.3 Å². The molecule has 2 aromatic heterocycles. The summed E-state index contributed by atoms with van der Waals surface area (Å²) in [4.78, 5) is 24.1. The fraction of sp³-hybridized carbons (Fsp3) is 0. The fourth-order valence-corrected chi connectivity index (χ4v) is 3.27. The molecule has 0 radical (unpaired) electrons. The maximum Gasteiger partial charge on any atom is 0.269 e. The van der Waals surface area contributed by atoms with Gasteiger partial charge in [-0.15, -0.1) is 0 Å². The number of non-ortho nitro benzene ring substituents is 1. The van der Waals surface area contributed by atoms with Crippen molar-refractivity contribution in [1.82, 2.24) is 15.0 Å². The van der Waals surface area contributed by atoms with E-state index in [-0.39, 0.29) is 11.5 Å². The van der Waals surface area contributed by atoms with Gasteiger partial charge in [0.15, 0.2) is 5.13 Å². The quantitative estimate of drug-likeness (QED) is 0.336. The molecule has 2 heterocycles. The van der Waals surface area contributed by atoms with Crippen LogP contribution in [0.5, 0.6) is 0 Å². The van der Waals surface area contributed by atoms with Crippen LogP contribution in [0, 0.1) is 15.9 Å². The van der Waals surface area contributed by atoms with Crippen LogP contribution in [0.3, 0.4) is 0 Å². The summed E-state index contributed by atoms with van der Waals surface area (Å²) in [5.74, 6) is 0.0651. The third-order valence-electron chi connectivity index (χ3n) is 3.84. The van der Waals surface area contributed by atoms with E-state index in [1.54, 1.807) is 42.7 Å². The van der Waals surface area contributed by atoms with Crippen LogP contribution in [0.15, 0.2) is 67.0 Å². The highest BCUT2D eigenvalue weighted by Crippen LogP contribution is 2.30. The summed E-state index contributed by atoms with van der Waals surface area (Å²) >= 11 is 1.38. The number of nitro groups is 1. The second-order valence-corrected chi connectivity index (χ2v) is 6.89. The standard InChI is InChI=1S/C19H13FN6O2S/c20-12-1-3-13(4-2-12)23-18-21-10-9-16(25-18)17-11-22-19(29-17)24-14-5-7-15(8-6-14)26(27)28/h1-11H,(H,22,24)(H,21,23,25). The van der Waals surface area contributed by atoms with E-state index in [0.29, 0.717) is 28.1 Å². The van der Waals surface area contributed by atoms with Crippen molar-refractivity contribution in [2.45, 2.75) is 0 Å². The minimum absolute atomic E-state index is 0.0255. The predicted octanol–water partition coefficient (Wildman–Crippen LogP) is 5.13. The van der Waals surface area contributed by atoms with Gasteiger partial charge in [-0.1, -0.05) is 11.3 Å². The summed E-state index contributed by atoms with van der Waals surface area (Å²) in [6.07, 6.45) is 3.31. The van der Waals surface area contributed by atoms with E-state index < -0.39 is 4.92 Å². The SMILES string of the molecule is O=[N+]([O-])c1ccc(Nc2ncc(-c3ccnc(Nc4ccc(F)cc4)n3)s2)cc1. The Balaban J connectivity index is 1.48. The summed E-state index contributed by atoms with van der Waals surface area (Å²) in [7, 11) is 0. The van der Waals surface area contributed by atoms with Crippen molar-refractivity contribution in [1.29, 1.82) is 0 Å². The van der Waals surface area contributed by atoms with Gasteiger partial charge in [-0.25, -0.2) is 19.3 Å². The highest BCUT2D eigenvalue weighted by molar-refractivity contribution is 7.18. The monoisotopic (exact) mass is 408 g/mol. The Kier molecular flexibility index (Phi) is 5.08. The molecule has 0 amide bonds. The van der Waals surface area contributed by atoms with Gasteiger partial charge in [0.2, 0.25) is 5.95 Å². The molecule has 0 spiro atoms. The summed E-state index contributed by atoms with van der Waals surface area (Å²) in [5.41, 5.74) is 2.07. The van der Waals surface area contributed by atoms with Gasteiger partial charge in [-0.05, 0) is 42.5 Å².